The minimum atomic E-state index is 0.0579. The summed E-state index contributed by atoms with van der Waals surface area (Å²) in [6.07, 6.45) is 6.51. The van der Waals surface area contributed by atoms with Crippen LogP contribution in [0.3, 0.4) is 0 Å². The topological polar surface area (TPSA) is 44.8 Å². The van der Waals surface area contributed by atoms with E-state index in [-0.39, 0.29) is 11.6 Å². The summed E-state index contributed by atoms with van der Waals surface area (Å²) in [6.45, 7) is 8.26. The van der Waals surface area contributed by atoms with Gasteiger partial charge in [0.05, 0.1) is 19.3 Å². The van der Waals surface area contributed by atoms with Gasteiger partial charge in [0.2, 0.25) is 5.91 Å². The first-order valence-electron chi connectivity index (χ1n) is 11.1. The fraction of sp³-hybridized carbons (Fsp3) is 0.696. The van der Waals surface area contributed by atoms with Gasteiger partial charge in [0.25, 0.3) is 0 Å². The number of carbonyl (C=O) groups is 1. The third kappa shape index (κ3) is 4.12. The lowest BCUT2D eigenvalue weighted by Gasteiger charge is -2.45. The highest BCUT2D eigenvalue weighted by Gasteiger charge is 2.43. The zero-order valence-electron chi connectivity index (χ0n) is 17.3. The maximum atomic E-state index is 13.5. The number of nitrogens with zero attached hydrogens (tertiary/aromatic N) is 2. The molecule has 154 valence electrons. The van der Waals surface area contributed by atoms with Crippen molar-refractivity contribution in [1.29, 1.82) is 0 Å². The van der Waals surface area contributed by atoms with Gasteiger partial charge in [-0.25, -0.2) is 0 Å². The first-order chi connectivity index (χ1) is 13.7. The number of ether oxygens (including phenoxy) is 1. The van der Waals surface area contributed by atoms with E-state index in [2.05, 4.69) is 46.3 Å². The monoisotopic (exact) mass is 385 g/mol. The van der Waals surface area contributed by atoms with Crippen molar-refractivity contribution in [2.24, 2.45) is 0 Å². The fourth-order valence-electron chi connectivity index (χ4n) is 5.33. The number of hydrogen-bond donors (Lipinski definition) is 1. The molecule has 1 aromatic carbocycles. The van der Waals surface area contributed by atoms with E-state index in [0.717, 1.165) is 65.2 Å². The first kappa shape index (κ1) is 19.9. The molecule has 3 aliphatic rings. The maximum Gasteiger partial charge on any atom is 0.225 e. The molecule has 28 heavy (non-hydrogen) atoms. The lowest BCUT2D eigenvalue weighted by atomic mass is 9.89. The van der Waals surface area contributed by atoms with E-state index in [1.807, 2.05) is 0 Å². The molecule has 0 spiro atoms. The summed E-state index contributed by atoms with van der Waals surface area (Å²) in [6, 6.07) is 8.99. The summed E-state index contributed by atoms with van der Waals surface area (Å²) in [7, 11) is 0. The molecule has 1 atom stereocenters. The maximum absolute atomic E-state index is 13.5. The van der Waals surface area contributed by atoms with E-state index in [1.165, 1.54) is 24.0 Å². The molecule has 1 unspecified atom stereocenters. The predicted octanol–water partition coefficient (Wildman–Crippen LogP) is 2.76. The van der Waals surface area contributed by atoms with Crippen LogP contribution in [0.2, 0.25) is 0 Å². The summed E-state index contributed by atoms with van der Waals surface area (Å²) >= 11 is 0. The molecule has 3 fully saturated rings. The molecule has 5 nitrogen and oxygen atoms in total. The van der Waals surface area contributed by atoms with Crippen LogP contribution >= 0.6 is 0 Å². The SMILES string of the molecule is CCc1ccc(C2CNCCN2C(=O)CC2(N3CCOCC3)CCCC2)cc1. The quantitative estimate of drug-likeness (QED) is 0.847. The average molecular weight is 386 g/mol. The van der Waals surface area contributed by atoms with Crippen molar-refractivity contribution in [3.05, 3.63) is 35.4 Å². The second-order valence-corrected chi connectivity index (χ2v) is 8.61. The molecule has 1 saturated carbocycles. The Bertz CT molecular complexity index is 648. The number of carbonyl (C=O) groups excluding carboxylic acids is 1. The van der Waals surface area contributed by atoms with E-state index in [4.69, 9.17) is 4.74 Å². The highest BCUT2D eigenvalue weighted by Crippen LogP contribution is 2.39. The molecule has 2 heterocycles. The zero-order valence-corrected chi connectivity index (χ0v) is 17.3. The largest absolute Gasteiger partial charge is 0.379 e. The number of amides is 1. The summed E-state index contributed by atoms with van der Waals surface area (Å²) in [5, 5.41) is 3.49. The Balaban J connectivity index is 1.50. The van der Waals surface area contributed by atoms with Crippen LogP contribution in [-0.4, -0.2) is 67.2 Å². The second-order valence-electron chi connectivity index (χ2n) is 8.61. The van der Waals surface area contributed by atoms with Gasteiger partial charge in [-0.15, -0.1) is 0 Å². The molecule has 0 aromatic heterocycles. The minimum absolute atomic E-state index is 0.0579. The number of aryl methyl sites for hydroxylation is 1. The van der Waals surface area contributed by atoms with Gasteiger partial charge >= 0.3 is 0 Å². The molecule has 2 saturated heterocycles. The first-order valence-corrected chi connectivity index (χ1v) is 11.1. The molecule has 5 heteroatoms. The van der Waals surface area contributed by atoms with Crippen LogP contribution in [-0.2, 0) is 16.0 Å². The van der Waals surface area contributed by atoms with Crippen LogP contribution < -0.4 is 5.32 Å². The standard InChI is InChI=1S/C23H35N3O2/c1-2-19-5-7-20(8-6-19)21-18-24-11-12-26(21)22(27)17-23(9-3-4-10-23)25-13-15-28-16-14-25/h5-8,21,24H,2-4,9-18H2,1H3. The zero-order chi connectivity index (χ0) is 19.4. The Hall–Kier alpha value is -1.43. The molecule has 1 aliphatic carbocycles. The van der Waals surface area contributed by atoms with Crippen LogP contribution in [0.25, 0.3) is 0 Å². The smallest absolute Gasteiger partial charge is 0.225 e. The van der Waals surface area contributed by atoms with Gasteiger partial charge in [-0.1, -0.05) is 44.0 Å². The van der Waals surface area contributed by atoms with Crippen molar-refractivity contribution in [3.63, 3.8) is 0 Å². The summed E-state index contributed by atoms with van der Waals surface area (Å²) < 4.78 is 5.57. The van der Waals surface area contributed by atoms with Crippen molar-refractivity contribution < 1.29 is 9.53 Å². The molecule has 1 amide bonds. The lowest BCUT2D eigenvalue weighted by Crippen LogP contribution is -2.56. The van der Waals surface area contributed by atoms with Crippen molar-refractivity contribution in [1.82, 2.24) is 15.1 Å². The molecule has 0 radical (unpaired) electrons. The Morgan fingerprint density at radius 2 is 1.86 bits per heavy atom. The molecule has 1 N–H and O–H groups in total. The number of piperazine rings is 1. The van der Waals surface area contributed by atoms with Crippen LogP contribution in [0.1, 0.15) is 56.2 Å². The highest BCUT2D eigenvalue weighted by molar-refractivity contribution is 5.78. The Morgan fingerprint density at radius 3 is 2.54 bits per heavy atom. The van der Waals surface area contributed by atoms with Gasteiger partial charge < -0.3 is 15.0 Å². The van der Waals surface area contributed by atoms with Gasteiger partial charge in [0, 0.05) is 44.7 Å². The van der Waals surface area contributed by atoms with Gasteiger partial charge in [-0.3, -0.25) is 9.69 Å². The van der Waals surface area contributed by atoms with E-state index in [9.17, 15) is 4.79 Å². The third-order valence-electron chi connectivity index (χ3n) is 7.03. The summed E-state index contributed by atoms with van der Waals surface area (Å²) in [4.78, 5) is 18.3. The van der Waals surface area contributed by atoms with Gasteiger partial charge in [-0.2, -0.15) is 0 Å². The Morgan fingerprint density at radius 1 is 1.14 bits per heavy atom. The number of hydrogen-bond acceptors (Lipinski definition) is 4. The van der Waals surface area contributed by atoms with Crippen LogP contribution in [0.5, 0.6) is 0 Å². The molecule has 4 rings (SSSR count). The van der Waals surface area contributed by atoms with E-state index in [0.29, 0.717) is 12.3 Å². The number of nitrogens with one attached hydrogen (secondary N) is 1. The van der Waals surface area contributed by atoms with Crippen LogP contribution in [0, 0.1) is 0 Å². The van der Waals surface area contributed by atoms with Crippen molar-refractivity contribution >= 4 is 5.91 Å². The molecule has 0 bridgehead atoms. The van der Waals surface area contributed by atoms with Crippen molar-refractivity contribution in [2.75, 3.05) is 45.9 Å². The number of rotatable bonds is 5. The predicted molar refractivity (Wildman–Crippen MR) is 111 cm³/mol. The van der Waals surface area contributed by atoms with E-state index in [1.54, 1.807) is 0 Å². The number of benzene rings is 1. The normalized spacial score (nSPS) is 25.8. The molecule has 2 aliphatic heterocycles. The van der Waals surface area contributed by atoms with Crippen molar-refractivity contribution in [3.8, 4) is 0 Å². The van der Waals surface area contributed by atoms with Crippen LogP contribution in [0.4, 0.5) is 0 Å². The average Bonchev–Trinajstić information content (AvgIpc) is 3.24. The molecular weight excluding hydrogens is 350 g/mol. The molecular formula is C23H35N3O2. The lowest BCUT2D eigenvalue weighted by molar-refractivity contribution is -0.139. The summed E-state index contributed by atoms with van der Waals surface area (Å²) in [5.41, 5.74) is 2.66. The Kier molecular flexibility index (Phi) is 6.34. The minimum Gasteiger partial charge on any atom is -0.379 e. The highest BCUT2D eigenvalue weighted by atomic mass is 16.5. The van der Waals surface area contributed by atoms with E-state index >= 15 is 0 Å². The fourth-order valence-corrected chi connectivity index (χ4v) is 5.33. The van der Waals surface area contributed by atoms with E-state index < -0.39 is 0 Å². The third-order valence-corrected chi connectivity index (χ3v) is 7.03. The second kappa shape index (κ2) is 8.93. The number of morpholine rings is 1. The van der Waals surface area contributed by atoms with Crippen molar-refractivity contribution in [2.45, 2.75) is 57.0 Å². The summed E-state index contributed by atoms with van der Waals surface area (Å²) in [5.74, 6) is 0.333. The Labute approximate surface area is 169 Å². The van der Waals surface area contributed by atoms with Gasteiger partial charge in [0.15, 0.2) is 0 Å². The van der Waals surface area contributed by atoms with Gasteiger partial charge in [-0.05, 0) is 30.4 Å². The molecule has 1 aromatic rings. The van der Waals surface area contributed by atoms with Gasteiger partial charge in [0.1, 0.15) is 0 Å². The van der Waals surface area contributed by atoms with Crippen LogP contribution in [0.15, 0.2) is 24.3 Å².